The highest BCUT2D eigenvalue weighted by Gasteiger charge is 2.05. The van der Waals surface area contributed by atoms with Gasteiger partial charge < -0.3 is 10.2 Å². The molecule has 1 amide bonds. The third-order valence-corrected chi connectivity index (χ3v) is 2.10. The summed E-state index contributed by atoms with van der Waals surface area (Å²) in [5.74, 6) is 0.0609. The number of benzene rings is 1. The molecule has 0 aliphatic heterocycles. The Balaban J connectivity index is 2.48. The van der Waals surface area contributed by atoms with Crippen molar-refractivity contribution < 1.29 is 9.53 Å². The summed E-state index contributed by atoms with van der Waals surface area (Å²) >= 11 is 11.6. The summed E-state index contributed by atoms with van der Waals surface area (Å²) in [7, 11) is 0. The molecule has 6 heteroatoms. The van der Waals surface area contributed by atoms with Gasteiger partial charge >= 0.3 is 0 Å². The first-order valence-corrected chi connectivity index (χ1v) is 5.12. The van der Waals surface area contributed by atoms with Gasteiger partial charge in [0.1, 0.15) is 5.75 Å². The van der Waals surface area contributed by atoms with Gasteiger partial charge in [-0.15, -0.1) is 0 Å². The first-order valence-electron chi connectivity index (χ1n) is 4.36. The van der Waals surface area contributed by atoms with Crippen LogP contribution in [0.25, 0.3) is 0 Å². The van der Waals surface area contributed by atoms with Crippen LogP contribution in [0, 0.1) is 0 Å². The molecule has 0 atom stereocenters. The Morgan fingerprint density at radius 3 is 2.88 bits per heavy atom. The van der Waals surface area contributed by atoms with Gasteiger partial charge in [-0.2, -0.15) is 0 Å². The fourth-order valence-corrected chi connectivity index (χ4v) is 1.37. The molecule has 0 bridgehead atoms. The van der Waals surface area contributed by atoms with E-state index in [1.165, 1.54) is 6.20 Å². The Labute approximate surface area is 103 Å². The van der Waals surface area contributed by atoms with Crippen molar-refractivity contribution >= 4 is 29.1 Å². The minimum atomic E-state index is -0.342. The Hall–Kier alpha value is -1.39. The summed E-state index contributed by atoms with van der Waals surface area (Å²) in [6.45, 7) is 3.22. The summed E-state index contributed by atoms with van der Waals surface area (Å²) in [5, 5.41) is 0.868. The van der Waals surface area contributed by atoms with Gasteiger partial charge in [-0.25, -0.2) is 0 Å². The lowest BCUT2D eigenvalue weighted by Gasteiger charge is -2.08. The van der Waals surface area contributed by atoms with Gasteiger partial charge in [0.2, 0.25) is 0 Å². The Bertz CT molecular complexity index is 396. The fourth-order valence-electron chi connectivity index (χ4n) is 0.903. The van der Waals surface area contributed by atoms with Crippen molar-refractivity contribution in [3.63, 3.8) is 0 Å². The number of halogens is 2. The third kappa shape index (κ3) is 4.00. The Morgan fingerprint density at radius 1 is 1.50 bits per heavy atom. The van der Waals surface area contributed by atoms with Crippen LogP contribution in [-0.2, 0) is 4.79 Å². The molecule has 0 fully saturated rings. The van der Waals surface area contributed by atoms with Crippen molar-refractivity contribution in [3.8, 4) is 5.75 Å². The SMILES string of the molecule is C=CNNC(=O)COc1ccc(Cl)cc1Cl. The maximum absolute atomic E-state index is 11.1. The second-order valence-corrected chi connectivity index (χ2v) is 3.60. The number of hydrazine groups is 1. The molecule has 0 aliphatic carbocycles. The zero-order chi connectivity index (χ0) is 12.0. The number of nitrogens with one attached hydrogen (secondary N) is 2. The topological polar surface area (TPSA) is 50.4 Å². The molecule has 2 N–H and O–H groups in total. The number of rotatable bonds is 5. The van der Waals surface area contributed by atoms with Crippen LogP contribution in [0.5, 0.6) is 5.75 Å². The van der Waals surface area contributed by atoms with E-state index in [-0.39, 0.29) is 12.5 Å². The predicted octanol–water partition coefficient (Wildman–Crippen LogP) is 2.14. The van der Waals surface area contributed by atoms with Crippen LogP contribution in [0.1, 0.15) is 0 Å². The molecule has 0 saturated heterocycles. The molecule has 16 heavy (non-hydrogen) atoms. The number of carbonyl (C=O) groups excluding carboxylic acids is 1. The summed E-state index contributed by atoms with van der Waals surface area (Å²) in [5.41, 5.74) is 4.77. The first kappa shape index (κ1) is 12.7. The molecule has 1 rings (SSSR count). The van der Waals surface area contributed by atoms with Gasteiger partial charge in [-0.1, -0.05) is 29.8 Å². The van der Waals surface area contributed by atoms with Gasteiger partial charge in [0.25, 0.3) is 5.91 Å². The summed E-state index contributed by atoms with van der Waals surface area (Å²) in [6.07, 6.45) is 1.34. The van der Waals surface area contributed by atoms with E-state index in [1.54, 1.807) is 18.2 Å². The van der Waals surface area contributed by atoms with Crippen LogP contribution in [0.15, 0.2) is 31.0 Å². The van der Waals surface area contributed by atoms with Crippen LogP contribution in [0.3, 0.4) is 0 Å². The van der Waals surface area contributed by atoms with E-state index < -0.39 is 0 Å². The number of ether oxygens (including phenoxy) is 1. The molecule has 0 aromatic heterocycles. The maximum Gasteiger partial charge on any atom is 0.276 e. The monoisotopic (exact) mass is 260 g/mol. The minimum absolute atomic E-state index is 0.151. The van der Waals surface area contributed by atoms with E-state index in [9.17, 15) is 4.79 Å². The number of amides is 1. The molecule has 4 nitrogen and oxygen atoms in total. The van der Waals surface area contributed by atoms with Crippen LogP contribution in [0.4, 0.5) is 0 Å². The van der Waals surface area contributed by atoms with Gasteiger partial charge in [0.15, 0.2) is 6.61 Å². The number of hydrogen-bond donors (Lipinski definition) is 2. The van der Waals surface area contributed by atoms with Crippen molar-refractivity contribution in [1.29, 1.82) is 0 Å². The molecule has 0 heterocycles. The molecule has 86 valence electrons. The molecular weight excluding hydrogens is 251 g/mol. The van der Waals surface area contributed by atoms with Crippen molar-refractivity contribution in [1.82, 2.24) is 10.9 Å². The molecule has 0 spiro atoms. The van der Waals surface area contributed by atoms with E-state index in [4.69, 9.17) is 27.9 Å². The van der Waals surface area contributed by atoms with Crippen LogP contribution >= 0.6 is 23.2 Å². The molecule has 1 aromatic carbocycles. The smallest absolute Gasteiger partial charge is 0.276 e. The maximum atomic E-state index is 11.1. The van der Waals surface area contributed by atoms with Crippen LogP contribution in [0.2, 0.25) is 10.0 Å². The van der Waals surface area contributed by atoms with Gasteiger partial charge in [-0.3, -0.25) is 10.2 Å². The van der Waals surface area contributed by atoms with E-state index in [0.717, 1.165) is 0 Å². The molecule has 0 unspecified atom stereocenters. The van der Waals surface area contributed by atoms with E-state index >= 15 is 0 Å². The average Bonchev–Trinajstić information content (AvgIpc) is 2.25. The lowest BCUT2D eigenvalue weighted by Crippen LogP contribution is -2.36. The van der Waals surface area contributed by atoms with Gasteiger partial charge in [0.05, 0.1) is 5.02 Å². The van der Waals surface area contributed by atoms with Gasteiger partial charge in [-0.05, 0) is 18.2 Å². The molecule has 0 aliphatic rings. The second-order valence-electron chi connectivity index (χ2n) is 2.76. The highest BCUT2D eigenvalue weighted by molar-refractivity contribution is 6.35. The summed E-state index contributed by atoms with van der Waals surface area (Å²) < 4.78 is 5.17. The molecule has 0 radical (unpaired) electrons. The highest BCUT2D eigenvalue weighted by atomic mass is 35.5. The van der Waals surface area contributed by atoms with Crippen LogP contribution < -0.4 is 15.6 Å². The number of carbonyl (C=O) groups is 1. The quantitative estimate of drug-likeness (QED) is 0.798. The standard InChI is InChI=1S/C10H10Cl2N2O2/c1-2-13-14-10(15)6-16-9-4-3-7(11)5-8(9)12/h2-5,13H,1,6H2,(H,14,15). The zero-order valence-electron chi connectivity index (χ0n) is 8.30. The lowest BCUT2D eigenvalue weighted by molar-refractivity contribution is -0.123. The van der Waals surface area contributed by atoms with E-state index in [2.05, 4.69) is 17.4 Å². The minimum Gasteiger partial charge on any atom is -0.482 e. The van der Waals surface area contributed by atoms with E-state index in [1.807, 2.05) is 0 Å². The highest BCUT2D eigenvalue weighted by Crippen LogP contribution is 2.27. The average molecular weight is 261 g/mol. The largest absolute Gasteiger partial charge is 0.482 e. The van der Waals surface area contributed by atoms with Gasteiger partial charge in [0, 0.05) is 11.2 Å². The summed E-state index contributed by atoms with van der Waals surface area (Å²) in [6, 6.07) is 4.76. The van der Waals surface area contributed by atoms with Crippen molar-refractivity contribution in [2.45, 2.75) is 0 Å². The Morgan fingerprint density at radius 2 is 2.25 bits per heavy atom. The number of hydrogen-bond acceptors (Lipinski definition) is 3. The third-order valence-electron chi connectivity index (χ3n) is 1.57. The zero-order valence-corrected chi connectivity index (χ0v) is 9.81. The predicted molar refractivity (Wildman–Crippen MR) is 63.4 cm³/mol. The van der Waals surface area contributed by atoms with Crippen molar-refractivity contribution in [2.24, 2.45) is 0 Å². The second kappa shape index (κ2) is 6.25. The molecule has 1 aromatic rings. The molecular formula is C10H10Cl2N2O2. The first-order chi connectivity index (χ1) is 7.63. The van der Waals surface area contributed by atoms with Crippen molar-refractivity contribution in [2.75, 3.05) is 6.61 Å². The summed E-state index contributed by atoms with van der Waals surface area (Å²) in [4.78, 5) is 11.1. The van der Waals surface area contributed by atoms with Crippen molar-refractivity contribution in [3.05, 3.63) is 41.0 Å². The molecule has 0 saturated carbocycles. The van der Waals surface area contributed by atoms with E-state index in [0.29, 0.717) is 15.8 Å². The normalized spacial score (nSPS) is 9.38. The Kier molecular flexibility index (Phi) is 4.95. The fraction of sp³-hybridized carbons (Fsp3) is 0.100. The lowest BCUT2D eigenvalue weighted by atomic mass is 10.3. The van der Waals surface area contributed by atoms with Crippen LogP contribution in [-0.4, -0.2) is 12.5 Å².